The van der Waals surface area contributed by atoms with Crippen molar-refractivity contribution in [3.63, 3.8) is 0 Å². The molecule has 0 aliphatic heterocycles. The van der Waals surface area contributed by atoms with Crippen LogP contribution in [0.4, 0.5) is 0 Å². The van der Waals surface area contributed by atoms with E-state index in [2.05, 4.69) is 4.98 Å². The van der Waals surface area contributed by atoms with Crippen LogP contribution in [0.1, 0.15) is 24.0 Å². The second-order valence-electron chi connectivity index (χ2n) is 4.54. The molecule has 4 heteroatoms. The molecule has 4 nitrogen and oxygen atoms in total. The highest BCUT2D eigenvalue weighted by Crippen LogP contribution is 2.15. The lowest BCUT2D eigenvalue weighted by molar-refractivity contribution is -0.137. The van der Waals surface area contributed by atoms with Crippen molar-refractivity contribution in [2.75, 3.05) is 0 Å². The minimum atomic E-state index is -0.748. The molecule has 20 heavy (non-hydrogen) atoms. The smallest absolute Gasteiger partial charge is 0.303 e. The van der Waals surface area contributed by atoms with Crippen LogP contribution in [0.5, 0.6) is 5.75 Å². The number of ether oxygens (including phenoxy) is 1. The van der Waals surface area contributed by atoms with E-state index in [1.165, 1.54) is 0 Å². The fourth-order valence-corrected chi connectivity index (χ4v) is 1.84. The van der Waals surface area contributed by atoms with Crippen molar-refractivity contribution in [3.8, 4) is 5.75 Å². The van der Waals surface area contributed by atoms with E-state index in [-0.39, 0.29) is 6.42 Å². The number of benzene rings is 1. The van der Waals surface area contributed by atoms with Gasteiger partial charge in [0.2, 0.25) is 0 Å². The van der Waals surface area contributed by atoms with Crippen molar-refractivity contribution in [2.45, 2.75) is 25.9 Å². The van der Waals surface area contributed by atoms with E-state index in [0.29, 0.717) is 13.0 Å². The minimum Gasteiger partial charge on any atom is -0.489 e. The summed E-state index contributed by atoms with van der Waals surface area (Å²) in [6, 6.07) is 11.6. The molecular weight excluding hydrogens is 254 g/mol. The van der Waals surface area contributed by atoms with E-state index in [4.69, 9.17) is 9.84 Å². The number of aliphatic carboxylic acids is 1. The van der Waals surface area contributed by atoms with Crippen LogP contribution in [0.3, 0.4) is 0 Å². The summed E-state index contributed by atoms with van der Waals surface area (Å²) >= 11 is 0. The van der Waals surface area contributed by atoms with Gasteiger partial charge in [0.05, 0.1) is 0 Å². The Labute approximate surface area is 118 Å². The van der Waals surface area contributed by atoms with Gasteiger partial charge in [0, 0.05) is 18.8 Å². The molecule has 0 unspecified atom stereocenters. The Morgan fingerprint density at radius 2 is 1.75 bits per heavy atom. The number of nitrogens with zero attached hydrogens (tertiary/aromatic N) is 1. The van der Waals surface area contributed by atoms with Crippen LogP contribution in [-0.4, -0.2) is 16.1 Å². The molecule has 2 rings (SSSR count). The first-order valence-corrected chi connectivity index (χ1v) is 6.56. The van der Waals surface area contributed by atoms with Crippen LogP contribution in [0, 0.1) is 0 Å². The summed E-state index contributed by atoms with van der Waals surface area (Å²) in [5, 5.41) is 8.59. The third-order valence-electron chi connectivity index (χ3n) is 2.93. The largest absolute Gasteiger partial charge is 0.489 e. The second-order valence-corrected chi connectivity index (χ2v) is 4.54. The van der Waals surface area contributed by atoms with Gasteiger partial charge < -0.3 is 9.84 Å². The molecule has 104 valence electrons. The molecule has 1 aromatic carbocycles. The minimum absolute atomic E-state index is 0.209. The monoisotopic (exact) mass is 271 g/mol. The molecule has 0 saturated carbocycles. The van der Waals surface area contributed by atoms with Gasteiger partial charge in [-0.05, 0) is 48.2 Å². The average molecular weight is 271 g/mol. The van der Waals surface area contributed by atoms with Crippen molar-refractivity contribution in [1.29, 1.82) is 0 Å². The lowest BCUT2D eigenvalue weighted by Gasteiger charge is -2.07. The van der Waals surface area contributed by atoms with Gasteiger partial charge in [-0.15, -0.1) is 0 Å². The molecule has 0 spiro atoms. The van der Waals surface area contributed by atoms with Crippen LogP contribution < -0.4 is 4.74 Å². The summed E-state index contributed by atoms with van der Waals surface area (Å²) in [5.74, 6) is 0.0612. The summed E-state index contributed by atoms with van der Waals surface area (Å²) in [6.45, 7) is 0.515. The Kier molecular flexibility index (Phi) is 5.12. The van der Waals surface area contributed by atoms with Gasteiger partial charge >= 0.3 is 5.97 Å². The fraction of sp³-hybridized carbons (Fsp3) is 0.250. The highest BCUT2D eigenvalue weighted by molar-refractivity contribution is 5.66. The third kappa shape index (κ3) is 4.72. The van der Waals surface area contributed by atoms with Crippen LogP contribution in [-0.2, 0) is 17.8 Å². The Bertz CT molecular complexity index is 537. The van der Waals surface area contributed by atoms with Gasteiger partial charge in [-0.3, -0.25) is 9.78 Å². The van der Waals surface area contributed by atoms with Gasteiger partial charge in [-0.25, -0.2) is 0 Å². The summed E-state index contributed by atoms with van der Waals surface area (Å²) in [6.07, 6.45) is 5.12. The Morgan fingerprint density at radius 1 is 1.05 bits per heavy atom. The van der Waals surface area contributed by atoms with Crippen LogP contribution in [0.2, 0.25) is 0 Å². The van der Waals surface area contributed by atoms with Gasteiger partial charge in [-0.2, -0.15) is 0 Å². The van der Waals surface area contributed by atoms with Gasteiger partial charge in [0.25, 0.3) is 0 Å². The summed E-state index contributed by atoms with van der Waals surface area (Å²) in [4.78, 5) is 14.4. The highest BCUT2D eigenvalue weighted by atomic mass is 16.5. The number of carboxylic acids is 1. The Balaban J connectivity index is 1.81. The van der Waals surface area contributed by atoms with Crippen LogP contribution in [0.15, 0.2) is 48.8 Å². The first-order valence-electron chi connectivity index (χ1n) is 6.56. The molecule has 0 aliphatic carbocycles. The number of rotatable bonds is 7. The quantitative estimate of drug-likeness (QED) is 0.840. The van der Waals surface area contributed by atoms with Crippen molar-refractivity contribution in [1.82, 2.24) is 4.98 Å². The first kappa shape index (κ1) is 14.1. The zero-order valence-corrected chi connectivity index (χ0v) is 11.2. The van der Waals surface area contributed by atoms with Gasteiger partial charge in [0.15, 0.2) is 0 Å². The van der Waals surface area contributed by atoms with Crippen molar-refractivity contribution < 1.29 is 14.6 Å². The Hall–Kier alpha value is -2.36. The average Bonchev–Trinajstić information content (AvgIpc) is 2.47. The van der Waals surface area contributed by atoms with Crippen molar-refractivity contribution in [3.05, 3.63) is 59.9 Å². The second kappa shape index (κ2) is 7.28. The molecule has 1 N–H and O–H groups in total. The zero-order chi connectivity index (χ0) is 14.2. The maximum Gasteiger partial charge on any atom is 0.303 e. The van der Waals surface area contributed by atoms with E-state index >= 15 is 0 Å². The molecule has 1 heterocycles. The van der Waals surface area contributed by atoms with Crippen molar-refractivity contribution in [2.24, 2.45) is 0 Å². The number of aromatic nitrogens is 1. The molecule has 0 fully saturated rings. The van der Waals surface area contributed by atoms with Crippen LogP contribution >= 0.6 is 0 Å². The normalized spacial score (nSPS) is 10.2. The standard InChI is InChI=1S/C16H17NO3/c18-16(19)3-1-2-13-4-6-15(7-5-13)20-12-14-8-10-17-11-9-14/h4-11H,1-3,12H2,(H,18,19). The molecule has 0 atom stereocenters. The number of aryl methyl sites for hydroxylation is 1. The number of carbonyl (C=O) groups is 1. The molecular formula is C16H17NO3. The highest BCUT2D eigenvalue weighted by Gasteiger charge is 2.00. The van der Waals surface area contributed by atoms with Gasteiger partial charge in [0.1, 0.15) is 12.4 Å². The predicted octanol–water partition coefficient (Wildman–Crippen LogP) is 3.07. The van der Waals surface area contributed by atoms with Crippen LogP contribution in [0.25, 0.3) is 0 Å². The summed E-state index contributed by atoms with van der Waals surface area (Å²) in [5.41, 5.74) is 2.20. The number of pyridine rings is 1. The van der Waals surface area contributed by atoms with E-state index in [9.17, 15) is 4.79 Å². The molecule has 0 bridgehead atoms. The fourth-order valence-electron chi connectivity index (χ4n) is 1.84. The van der Waals surface area contributed by atoms with E-state index in [1.54, 1.807) is 12.4 Å². The summed E-state index contributed by atoms with van der Waals surface area (Å²) in [7, 11) is 0. The maximum absolute atomic E-state index is 10.4. The zero-order valence-electron chi connectivity index (χ0n) is 11.2. The van der Waals surface area contributed by atoms with Crippen molar-refractivity contribution >= 4 is 5.97 Å². The van der Waals surface area contributed by atoms with E-state index in [0.717, 1.165) is 23.3 Å². The molecule has 0 saturated heterocycles. The van der Waals surface area contributed by atoms with Gasteiger partial charge in [-0.1, -0.05) is 12.1 Å². The lowest BCUT2D eigenvalue weighted by atomic mass is 10.1. The molecule has 2 aromatic rings. The number of hydrogen-bond donors (Lipinski definition) is 1. The maximum atomic E-state index is 10.4. The third-order valence-corrected chi connectivity index (χ3v) is 2.93. The first-order chi connectivity index (χ1) is 9.74. The number of carboxylic acid groups (broad SMARTS) is 1. The predicted molar refractivity (Wildman–Crippen MR) is 75.6 cm³/mol. The molecule has 1 aromatic heterocycles. The topological polar surface area (TPSA) is 59.4 Å². The molecule has 0 radical (unpaired) electrons. The molecule has 0 aliphatic rings. The van der Waals surface area contributed by atoms with E-state index in [1.807, 2.05) is 36.4 Å². The Morgan fingerprint density at radius 3 is 2.40 bits per heavy atom. The van der Waals surface area contributed by atoms with E-state index < -0.39 is 5.97 Å². The summed E-state index contributed by atoms with van der Waals surface area (Å²) < 4.78 is 5.67. The SMILES string of the molecule is O=C(O)CCCc1ccc(OCc2ccncc2)cc1. The number of hydrogen-bond acceptors (Lipinski definition) is 3. The lowest BCUT2D eigenvalue weighted by Crippen LogP contribution is -1.97. The molecule has 0 amide bonds.